The van der Waals surface area contributed by atoms with E-state index < -0.39 is 12.1 Å². The van der Waals surface area contributed by atoms with Crippen molar-refractivity contribution in [3.05, 3.63) is 59.7 Å². The predicted molar refractivity (Wildman–Crippen MR) is 118 cm³/mol. The first-order chi connectivity index (χ1) is 15.1. The van der Waals surface area contributed by atoms with E-state index in [4.69, 9.17) is 14.2 Å². The molecule has 0 radical (unpaired) electrons. The van der Waals surface area contributed by atoms with Crippen LogP contribution in [-0.2, 0) is 9.53 Å². The number of ether oxygens (including phenoxy) is 3. The molecular weight excluding hydrogens is 398 g/mol. The molecule has 0 spiro atoms. The summed E-state index contributed by atoms with van der Waals surface area (Å²) in [7, 11) is 0. The zero-order chi connectivity index (χ0) is 22.5. The third-order valence-corrected chi connectivity index (χ3v) is 4.13. The van der Waals surface area contributed by atoms with Gasteiger partial charge in [-0.25, -0.2) is 10.2 Å². The summed E-state index contributed by atoms with van der Waals surface area (Å²) >= 11 is 0. The van der Waals surface area contributed by atoms with Gasteiger partial charge in [-0.3, -0.25) is 4.79 Å². The maximum Gasteiger partial charge on any atom is 0.407 e. The van der Waals surface area contributed by atoms with Gasteiger partial charge in [-0.15, -0.1) is 0 Å². The van der Waals surface area contributed by atoms with Crippen molar-refractivity contribution >= 4 is 18.2 Å². The van der Waals surface area contributed by atoms with Crippen LogP contribution in [0, 0.1) is 0 Å². The number of benzene rings is 2. The SMILES string of the molecule is CCOC(=O)N[C@@H](CC(=O)N/N=C\c1ccc(OCC)c(OCC)c1)c1ccccc1. The van der Waals surface area contributed by atoms with E-state index >= 15 is 0 Å². The smallest absolute Gasteiger partial charge is 0.407 e. The molecule has 2 rings (SSSR count). The number of hydrazone groups is 1. The molecule has 2 aromatic carbocycles. The Morgan fingerprint density at radius 2 is 1.68 bits per heavy atom. The number of amides is 2. The highest BCUT2D eigenvalue weighted by atomic mass is 16.5. The van der Waals surface area contributed by atoms with Gasteiger partial charge < -0.3 is 19.5 Å². The molecule has 0 aromatic heterocycles. The van der Waals surface area contributed by atoms with Crippen LogP contribution in [0.1, 0.15) is 44.4 Å². The fraction of sp³-hybridized carbons (Fsp3) is 0.348. The number of nitrogens with one attached hydrogen (secondary N) is 2. The number of rotatable bonds is 11. The molecule has 0 fully saturated rings. The van der Waals surface area contributed by atoms with E-state index in [1.54, 1.807) is 19.1 Å². The maximum atomic E-state index is 12.4. The minimum Gasteiger partial charge on any atom is -0.490 e. The monoisotopic (exact) mass is 427 g/mol. The van der Waals surface area contributed by atoms with Crippen LogP contribution in [0.15, 0.2) is 53.6 Å². The van der Waals surface area contributed by atoms with Crippen LogP contribution in [-0.4, -0.2) is 38.0 Å². The Bertz CT molecular complexity index is 871. The molecular formula is C23H29N3O5. The van der Waals surface area contributed by atoms with Gasteiger partial charge in [0.1, 0.15) is 0 Å². The highest BCUT2D eigenvalue weighted by molar-refractivity contribution is 5.83. The summed E-state index contributed by atoms with van der Waals surface area (Å²) in [4.78, 5) is 24.3. The molecule has 2 N–H and O–H groups in total. The largest absolute Gasteiger partial charge is 0.490 e. The molecule has 0 aliphatic carbocycles. The number of nitrogens with zero attached hydrogens (tertiary/aromatic N) is 1. The van der Waals surface area contributed by atoms with Crippen molar-refractivity contribution in [2.45, 2.75) is 33.2 Å². The van der Waals surface area contributed by atoms with Gasteiger partial charge in [0.2, 0.25) is 5.91 Å². The zero-order valence-electron chi connectivity index (χ0n) is 18.1. The van der Waals surface area contributed by atoms with E-state index in [0.29, 0.717) is 24.7 Å². The Morgan fingerprint density at radius 1 is 0.968 bits per heavy atom. The number of hydrogen-bond acceptors (Lipinski definition) is 6. The van der Waals surface area contributed by atoms with Crippen LogP contribution in [0.2, 0.25) is 0 Å². The van der Waals surface area contributed by atoms with Crippen LogP contribution in [0.5, 0.6) is 11.5 Å². The molecule has 8 heteroatoms. The van der Waals surface area contributed by atoms with E-state index in [1.807, 2.05) is 50.2 Å². The zero-order valence-corrected chi connectivity index (χ0v) is 18.1. The van der Waals surface area contributed by atoms with Crippen molar-refractivity contribution in [3.8, 4) is 11.5 Å². The van der Waals surface area contributed by atoms with Crippen LogP contribution < -0.4 is 20.2 Å². The summed E-state index contributed by atoms with van der Waals surface area (Å²) in [5.74, 6) is 0.918. The van der Waals surface area contributed by atoms with E-state index in [0.717, 1.165) is 11.1 Å². The third kappa shape index (κ3) is 8.00. The second-order valence-corrected chi connectivity index (χ2v) is 6.40. The molecule has 0 unspecified atom stereocenters. The lowest BCUT2D eigenvalue weighted by atomic mass is 10.0. The van der Waals surface area contributed by atoms with Gasteiger partial charge in [-0.2, -0.15) is 5.10 Å². The molecule has 0 saturated carbocycles. The molecule has 2 amide bonds. The van der Waals surface area contributed by atoms with Gasteiger partial charge in [0, 0.05) is 0 Å². The molecule has 0 aliphatic rings. The molecule has 0 bridgehead atoms. The number of alkyl carbamates (subject to hydrolysis) is 1. The molecule has 0 heterocycles. The average molecular weight is 428 g/mol. The Labute approximate surface area is 182 Å². The van der Waals surface area contributed by atoms with Crippen LogP contribution in [0.3, 0.4) is 0 Å². The molecule has 0 aliphatic heterocycles. The van der Waals surface area contributed by atoms with Crippen LogP contribution in [0.25, 0.3) is 0 Å². The normalized spacial score (nSPS) is 11.6. The summed E-state index contributed by atoms with van der Waals surface area (Å²) in [5, 5.41) is 6.72. The van der Waals surface area contributed by atoms with Gasteiger partial charge >= 0.3 is 6.09 Å². The van der Waals surface area contributed by atoms with E-state index in [1.165, 1.54) is 6.21 Å². The standard InChI is InChI=1S/C23H29N3O5/c1-4-29-20-13-12-17(14-21(20)30-5-2)16-24-26-22(27)15-19(25-23(28)31-6-3)18-10-8-7-9-11-18/h7-14,16,19H,4-6,15H2,1-3H3,(H,25,28)(H,26,27)/b24-16-/t19-/m0/s1. The van der Waals surface area contributed by atoms with E-state index in [-0.39, 0.29) is 18.9 Å². The fourth-order valence-corrected chi connectivity index (χ4v) is 2.81. The number of carbonyl (C=O) groups is 2. The lowest BCUT2D eigenvalue weighted by Gasteiger charge is -2.18. The summed E-state index contributed by atoms with van der Waals surface area (Å²) in [6.07, 6.45) is 0.950. The minimum absolute atomic E-state index is 0.00758. The number of carbonyl (C=O) groups excluding carboxylic acids is 2. The van der Waals surface area contributed by atoms with E-state index in [9.17, 15) is 9.59 Å². The Hall–Kier alpha value is -3.55. The van der Waals surface area contributed by atoms with Gasteiger partial charge in [-0.1, -0.05) is 30.3 Å². The van der Waals surface area contributed by atoms with Gasteiger partial charge in [0.25, 0.3) is 0 Å². The quantitative estimate of drug-likeness (QED) is 0.420. The highest BCUT2D eigenvalue weighted by Gasteiger charge is 2.18. The summed E-state index contributed by atoms with van der Waals surface area (Å²) < 4.78 is 16.1. The van der Waals surface area contributed by atoms with Crippen molar-refractivity contribution < 1.29 is 23.8 Å². The fourth-order valence-electron chi connectivity index (χ4n) is 2.81. The van der Waals surface area contributed by atoms with Crippen LogP contribution >= 0.6 is 0 Å². The molecule has 31 heavy (non-hydrogen) atoms. The van der Waals surface area contributed by atoms with Crippen molar-refractivity contribution in [2.24, 2.45) is 5.10 Å². The second-order valence-electron chi connectivity index (χ2n) is 6.40. The lowest BCUT2D eigenvalue weighted by Crippen LogP contribution is -2.33. The van der Waals surface area contributed by atoms with Crippen molar-refractivity contribution in [2.75, 3.05) is 19.8 Å². The average Bonchev–Trinajstić information content (AvgIpc) is 2.76. The Balaban J connectivity index is 2.01. The third-order valence-electron chi connectivity index (χ3n) is 4.13. The highest BCUT2D eigenvalue weighted by Crippen LogP contribution is 2.28. The first kappa shape index (κ1) is 23.7. The Kier molecular flexibility index (Phi) is 9.87. The van der Waals surface area contributed by atoms with Crippen molar-refractivity contribution in [1.82, 2.24) is 10.7 Å². The number of hydrogen-bond donors (Lipinski definition) is 2. The molecule has 166 valence electrons. The summed E-state index contributed by atoms with van der Waals surface area (Å²) in [5.41, 5.74) is 4.03. The molecule has 8 nitrogen and oxygen atoms in total. The first-order valence-electron chi connectivity index (χ1n) is 10.3. The van der Waals surface area contributed by atoms with Crippen LogP contribution in [0.4, 0.5) is 4.79 Å². The van der Waals surface area contributed by atoms with Gasteiger partial charge in [-0.05, 0) is 50.1 Å². The first-order valence-corrected chi connectivity index (χ1v) is 10.3. The van der Waals surface area contributed by atoms with Gasteiger partial charge in [0.05, 0.1) is 38.5 Å². The topological polar surface area (TPSA) is 98.2 Å². The van der Waals surface area contributed by atoms with Crippen molar-refractivity contribution in [3.63, 3.8) is 0 Å². The summed E-state index contributed by atoms with van der Waals surface area (Å²) in [6, 6.07) is 14.1. The molecule has 1 atom stereocenters. The lowest BCUT2D eigenvalue weighted by molar-refractivity contribution is -0.121. The maximum absolute atomic E-state index is 12.4. The molecule has 2 aromatic rings. The van der Waals surface area contributed by atoms with E-state index in [2.05, 4.69) is 15.8 Å². The van der Waals surface area contributed by atoms with Gasteiger partial charge in [0.15, 0.2) is 11.5 Å². The molecule has 0 saturated heterocycles. The predicted octanol–water partition coefficient (Wildman–Crippen LogP) is 3.81. The second kappa shape index (κ2) is 12.9. The Morgan fingerprint density at radius 3 is 2.35 bits per heavy atom. The van der Waals surface area contributed by atoms with Crippen molar-refractivity contribution in [1.29, 1.82) is 0 Å². The summed E-state index contributed by atoms with van der Waals surface area (Å²) in [6.45, 7) is 6.80. The minimum atomic E-state index is -0.578.